The maximum atomic E-state index is 12.0. The van der Waals surface area contributed by atoms with Crippen molar-refractivity contribution in [2.75, 3.05) is 5.32 Å². The number of nitrogens with one attached hydrogen (secondary N) is 2. The van der Waals surface area contributed by atoms with Crippen LogP contribution in [-0.2, 0) is 6.54 Å². The zero-order valence-corrected chi connectivity index (χ0v) is 13.5. The van der Waals surface area contributed by atoms with Crippen molar-refractivity contribution in [1.82, 2.24) is 15.5 Å². The van der Waals surface area contributed by atoms with Crippen molar-refractivity contribution in [3.05, 3.63) is 71.3 Å². The summed E-state index contributed by atoms with van der Waals surface area (Å²) >= 11 is 0. The number of nitrogens with zero attached hydrogens (tertiary/aromatic N) is 2. The zero-order chi connectivity index (χ0) is 16.9. The number of carbonyl (C=O) groups is 1. The van der Waals surface area contributed by atoms with Gasteiger partial charge in [-0.2, -0.15) is 0 Å². The zero-order valence-electron chi connectivity index (χ0n) is 13.5. The van der Waals surface area contributed by atoms with Crippen LogP contribution in [0.15, 0.2) is 53.1 Å². The van der Waals surface area contributed by atoms with Gasteiger partial charge in [-0.25, -0.2) is 0 Å². The fraction of sp³-hybridized carbons (Fsp3) is 0.167. The fourth-order valence-electron chi connectivity index (χ4n) is 2.39. The molecular weight excluding hydrogens is 304 g/mol. The Morgan fingerprint density at radius 2 is 1.88 bits per heavy atom. The van der Waals surface area contributed by atoms with Crippen LogP contribution in [0.25, 0.3) is 0 Å². The Bertz CT molecular complexity index is 806. The number of aryl methyl sites for hydroxylation is 2. The Balaban J connectivity index is 1.63. The molecule has 3 rings (SSSR count). The summed E-state index contributed by atoms with van der Waals surface area (Å²) in [6, 6.07) is 13.1. The second-order valence-corrected chi connectivity index (χ2v) is 5.57. The lowest BCUT2D eigenvalue weighted by Gasteiger charge is -2.08. The summed E-state index contributed by atoms with van der Waals surface area (Å²) in [4.78, 5) is 12.0. The van der Waals surface area contributed by atoms with Gasteiger partial charge in [0, 0.05) is 5.69 Å². The van der Waals surface area contributed by atoms with Crippen molar-refractivity contribution in [3.63, 3.8) is 0 Å². The van der Waals surface area contributed by atoms with E-state index in [-0.39, 0.29) is 11.6 Å². The van der Waals surface area contributed by atoms with Crippen molar-refractivity contribution in [3.8, 4) is 0 Å². The third-order valence-corrected chi connectivity index (χ3v) is 3.39. The van der Waals surface area contributed by atoms with E-state index >= 15 is 0 Å². The van der Waals surface area contributed by atoms with Gasteiger partial charge >= 0.3 is 0 Å². The first kappa shape index (κ1) is 15.7. The fourth-order valence-corrected chi connectivity index (χ4v) is 2.39. The number of carbonyl (C=O) groups excluding carboxylic acids is 1. The number of rotatable bonds is 5. The molecule has 0 aliphatic heterocycles. The van der Waals surface area contributed by atoms with Gasteiger partial charge in [-0.15, -0.1) is 10.2 Å². The van der Waals surface area contributed by atoms with Crippen molar-refractivity contribution >= 4 is 17.4 Å². The van der Waals surface area contributed by atoms with Crippen molar-refractivity contribution < 1.29 is 9.21 Å². The van der Waals surface area contributed by atoms with Gasteiger partial charge in [0.15, 0.2) is 11.5 Å². The average Bonchev–Trinajstić information content (AvgIpc) is 3.06. The summed E-state index contributed by atoms with van der Waals surface area (Å²) in [5, 5.41) is 13.9. The Hall–Kier alpha value is -3.15. The average molecular weight is 322 g/mol. The van der Waals surface area contributed by atoms with Crippen LogP contribution in [0.3, 0.4) is 0 Å². The Morgan fingerprint density at radius 1 is 1.08 bits per heavy atom. The minimum Gasteiger partial charge on any atom is -0.467 e. The Kier molecular flexibility index (Phi) is 4.56. The van der Waals surface area contributed by atoms with E-state index in [0.717, 1.165) is 5.69 Å². The predicted molar refractivity (Wildman–Crippen MR) is 91.1 cm³/mol. The minimum atomic E-state index is -0.295. The molecule has 24 heavy (non-hydrogen) atoms. The SMILES string of the molecule is Cc1cc(C)cc(Nc2ccc(C(=O)NCc3ccco3)nn2)c1. The molecule has 0 saturated heterocycles. The molecule has 0 saturated carbocycles. The van der Waals surface area contributed by atoms with Gasteiger partial charge < -0.3 is 15.1 Å². The van der Waals surface area contributed by atoms with Gasteiger partial charge in [-0.1, -0.05) is 6.07 Å². The van der Waals surface area contributed by atoms with Crippen LogP contribution >= 0.6 is 0 Å². The Labute approximate surface area is 139 Å². The van der Waals surface area contributed by atoms with Gasteiger partial charge in [-0.05, 0) is 61.4 Å². The highest BCUT2D eigenvalue weighted by Crippen LogP contribution is 2.17. The minimum absolute atomic E-state index is 0.257. The van der Waals surface area contributed by atoms with Gasteiger partial charge in [0.2, 0.25) is 0 Å². The molecule has 6 heteroatoms. The number of aromatic nitrogens is 2. The normalized spacial score (nSPS) is 10.4. The van der Waals surface area contributed by atoms with E-state index in [1.165, 1.54) is 11.1 Å². The molecule has 0 fully saturated rings. The molecule has 6 nitrogen and oxygen atoms in total. The molecule has 3 aromatic rings. The molecule has 0 spiro atoms. The standard InChI is InChI=1S/C18H18N4O2/c1-12-8-13(2)10-14(9-12)20-17-6-5-16(21-22-17)18(23)19-11-15-4-3-7-24-15/h3-10H,11H2,1-2H3,(H,19,23)(H,20,22). The highest BCUT2D eigenvalue weighted by Gasteiger charge is 2.09. The molecule has 0 aliphatic carbocycles. The molecule has 1 aromatic carbocycles. The summed E-state index contributed by atoms with van der Waals surface area (Å²) in [7, 11) is 0. The van der Waals surface area contributed by atoms with Gasteiger partial charge in [-0.3, -0.25) is 4.79 Å². The molecule has 0 aliphatic rings. The highest BCUT2D eigenvalue weighted by molar-refractivity contribution is 5.92. The molecule has 0 bridgehead atoms. The van der Waals surface area contributed by atoms with Crippen LogP contribution in [0, 0.1) is 13.8 Å². The summed E-state index contributed by atoms with van der Waals surface area (Å²) in [5.74, 6) is 0.976. The van der Waals surface area contributed by atoms with E-state index in [0.29, 0.717) is 18.1 Å². The van der Waals surface area contributed by atoms with Crippen LogP contribution < -0.4 is 10.6 Å². The van der Waals surface area contributed by atoms with E-state index in [1.807, 2.05) is 26.0 Å². The van der Waals surface area contributed by atoms with Crippen LogP contribution in [0.2, 0.25) is 0 Å². The number of benzene rings is 1. The number of anilines is 2. The Morgan fingerprint density at radius 3 is 2.50 bits per heavy atom. The lowest BCUT2D eigenvalue weighted by atomic mass is 10.1. The number of furan rings is 1. The van der Waals surface area contributed by atoms with Gasteiger partial charge in [0.25, 0.3) is 5.91 Å². The third-order valence-electron chi connectivity index (χ3n) is 3.39. The first-order valence-corrected chi connectivity index (χ1v) is 7.60. The van der Waals surface area contributed by atoms with Crippen LogP contribution in [0.5, 0.6) is 0 Å². The summed E-state index contributed by atoms with van der Waals surface area (Å²) in [5.41, 5.74) is 3.53. The largest absolute Gasteiger partial charge is 0.467 e. The second kappa shape index (κ2) is 6.95. The predicted octanol–water partition coefficient (Wildman–Crippen LogP) is 3.36. The lowest BCUT2D eigenvalue weighted by molar-refractivity contribution is 0.0942. The van der Waals surface area contributed by atoms with Crippen molar-refractivity contribution in [2.45, 2.75) is 20.4 Å². The molecule has 2 heterocycles. The van der Waals surface area contributed by atoms with Gasteiger partial charge in [0.05, 0.1) is 12.8 Å². The van der Waals surface area contributed by atoms with Crippen molar-refractivity contribution in [2.24, 2.45) is 0 Å². The quantitative estimate of drug-likeness (QED) is 0.753. The lowest BCUT2D eigenvalue weighted by Crippen LogP contribution is -2.23. The summed E-state index contributed by atoms with van der Waals surface area (Å²) < 4.78 is 5.16. The molecule has 2 N–H and O–H groups in total. The molecular formula is C18H18N4O2. The van der Waals surface area contributed by atoms with E-state index in [4.69, 9.17) is 4.42 Å². The number of amides is 1. The first-order valence-electron chi connectivity index (χ1n) is 7.60. The first-order chi connectivity index (χ1) is 11.6. The molecule has 0 unspecified atom stereocenters. The molecule has 0 radical (unpaired) electrons. The summed E-state index contributed by atoms with van der Waals surface area (Å²) in [6.45, 7) is 4.39. The van der Waals surface area contributed by atoms with Crippen LogP contribution in [-0.4, -0.2) is 16.1 Å². The second-order valence-electron chi connectivity index (χ2n) is 5.57. The maximum absolute atomic E-state index is 12.0. The van der Waals surface area contributed by atoms with E-state index in [9.17, 15) is 4.79 Å². The van der Waals surface area contributed by atoms with Crippen molar-refractivity contribution in [1.29, 1.82) is 0 Å². The third kappa shape index (κ3) is 3.98. The molecule has 2 aromatic heterocycles. The smallest absolute Gasteiger partial charge is 0.272 e. The van der Waals surface area contributed by atoms with E-state index in [2.05, 4.69) is 26.9 Å². The van der Waals surface area contributed by atoms with Crippen LogP contribution in [0.4, 0.5) is 11.5 Å². The summed E-state index contributed by atoms with van der Waals surface area (Å²) in [6.07, 6.45) is 1.56. The van der Waals surface area contributed by atoms with E-state index < -0.39 is 0 Å². The molecule has 122 valence electrons. The molecule has 1 amide bonds. The van der Waals surface area contributed by atoms with Crippen LogP contribution in [0.1, 0.15) is 27.4 Å². The van der Waals surface area contributed by atoms with Gasteiger partial charge in [0.1, 0.15) is 5.76 Å². The highest BCUT2D eigenvalue weighted by atomic mass is 16.3. The molecule has 0 atom stereocenters. The van der Waals surface area contributed by atoms with E-state index in [1.54, 1.807) is 30.5 Å². The number of hydrogen-bond acceptors (Lipinski definition) is 5. The topological polar surface area (TPSA) is 80.0 Å². The monoisotopic (exact) mass is 322 g/mol. The maximum Gasteiger partial charge on any atom is 0.272 e. The number of hydrogen-bond donors (Lipinski definition) is 2.